The first kappa shape index (κ1) is 24.3. The molecule has 0 unspecified atom stereocenters. The molecular weight excluding hydrogens is 442 g/mol. The highest BCUT2D eigenvalue weighted by molar-refractivity contribution is 5.99. The molecule has 0 bridgehead atoms. The molecule has 0 saturated heterocycles. The second kappa shape index (κ2) is 8.53. The van der Waals surface area contributed by atoms with Gasteiger partial charge in [0.2, 0.25) is 11.7 Å². The topological polar surface area (TPSA) is 66.8 Å². The Labute approximate surface area is 188 Å². The van der Waals surface area contributed by atoms with Gasteiger partial charge in [-0.25, -0.2) is 4.79 Å². The molecule has 33 heavy (non-hydrogen) atoms. The fourth-order valence-electron chi connectivity index (χ4n) is 4.07. The van der Waals surface area contributed by atoms with Crippen LogP contribution >= 0.6 is 0 Å². The quantitative estimate of drug-likeness (QED) is 0.435. The van der Waals surface area contributed by atoms with Crippen LogP contribution in [0.5, 0.6) is 5.75 Å². The van der Waals surface area contributed by atoms with E-state index in [-0.39, 0.29) is 17.0 Å². The highest BCUT2D eigenvalue weighted by atomic mass is 19.4. The standard InChI is InChI=1S/C24H23F4NO4/c1-5-29-19-11-15(13(2)8-17(19)23(3,4)12-21(29)30)16-9-14(10-18(25)22(31)32)6-7-20(16)33-24(26,27)28/h6-11H,5,12H2,1-4H3,(H,31,32)/b18-10-. The molecule has 0 fully saturated rings. The number of halogens is 4. The molecule has 3 rings (SSSR count). The SMILES string of the molecule is CCN1C(=O)CC(C)(C)c2cc(C)c(-c3cc(/C=C(\F)C(=O)O)ccc3OC(F)(F)F)cc21. The van der Waals surface area contributed by atoms with Crippen molar-refractivity contribution in [3.8, 4) is 16.9 Å². The summed E-state index contributed by atoms with van der Waals surface area (Å²) in [6, 6.07) is 6.83. The number of anilines is 1. The largest absolute Gasteiger partial charge is 0.573 e. The van der Waals surface area contributed by atoms with Gasteiger partial charge in [0.1, 0.15) is 5.75 Å². The van der Waals surface area contributed by atoms with Crippen LogP contribution in [0.25, 0.3) is 17.2 Å². The van der Waals surface area contributed by atoms with Gasteiger partial charge in [0, 0.05) is 29.6 Å². The maximum Gasteiger partial charge on any atom is 0.573 e. The van der Waals surface area contributed by atoms with Crippen LogP contribution in [0.1, 0.15) is 43.9 Å². The van der Waals surface area contributed by atoms with Crippen molar-refractivity contribution in [2.75, 3.05) is 11.4 Å². The molecule has 0 radical (unpaired) electrons. The maximum atomic E-state index is 13.7. The van der Waals surface area contributed by atoms with Crippen molar-refractivity contribution in [3.05, 3.63) is 52.8 Å². The van der Waals surface area contributed by atoms with Crippen molar-refractivity contribution in [2.24, 2.45) is 0 Å². The van der Waals surface area contributed by atoms with Gasteiger partial charge in [0.05, 0.1) is 0 Å². The number of carbonyl (C=O) groups excluding carboxylic acids is 1. The summed E-state index contributed by atoms with van der Waals surface area (Å²) in [6.45, 7) is 7.75. The molecule has 5 nitrogen and oxygen atoms in total. The Kier molecular flexibility index (Phi) is 6.28. The summed E-state index contributed by atoms with van der Waals surface area (Å²) >= 11 is 0. The predicted octanol–water partition coefficient (Wildman–Crippen LogP) is 5.99. The number of alkyl halides is 3. The van der Waals surface area contributed by atoms with Gasteiger partial charge < -0.3 is 14.7 Å². The van der Waals surface area contributed by atoms with E-state index in [1.807, 2.05) is 19.9 Å². The number of carboxylic acid groups (broad SMARTS) is 1. The molecule has 1 heterocycles. The second-order valence-corrected chi connectivity index (χ2v) is 8.48. The van der Waals surface area contributed by atoms with Crippen molar-refractivity contribution in [3.63, 3.8) is 0 Å². The number of hydrogen-bond acceptors (Lipinski definition) is 3. The van der Waals surface area contributed by atoms with Crippen LogP contribution in [-0.2, 0) is 15.0 Å². The molecule has 1 amide bonds. The van der Waals surface area contributed by atoms with Crippen molar-refractivity contribution >= 4 is 23.6 Å². The Bertz CT molecular complexity index is 1150. The number of aryl methyl sites for hydroxylation is 1. The van der Waals surface area contributed by atoms with E-state index in [1.165, 1.54) is 6.07 Å². The van der Waals surface area contributed by atoms with Gasteiger partial charge >= 0.3 is 12.3 Å². The van der Waals surface area contributed by atoms with Crippen LogP contribution in [0.3, 0.4) is 0 Å². The van der Waals surface area contributed by atoms with Crippen LogP contribution in [0, 0.1) is 6.92 Å². The zero-order valence-electron chi connectivity index (χ0n) is 18.5. The molecule has 0 atom stereocenters. The Morgan fingerprint density at radius 3 is 2.45 bits per heavy atom. The zero-order valence-corrected chi connectivity index (χ0v) is 18.5. The highest BCUT2D eigenvalue weighted by Crippen LogP contribution is 2.45. The fraction of sp³-hybridized carbons (Fsp3) is 0.333. The number of nitrogens with zero attached hydrogens (tertiary/aromatic N) is 1. The number of aliphatic carboxylic acids is 1. The number of amides is 1. The summed E-state index contributed by atoms with van der Waals surface area (Å²) in [5.41, 5.74) is 2.00. The summed E-state index contributed by atoms with van der Waals surface area (Å²) in [6.07, 6.45) is -3.97. The van der Waals surface area contributed by atoms with Gasteiger partial charge in [-0.3, -0.25) is 4.79 Å². The molecule has 9 heteroatoms. The molecule has 0 aliphatic carbocycles. The van der Waals surface area contributed by atoms with Crippen LogP contribution < -0.4 is 9.64 Å². The van der Waals surface area contributed by atoms with Gasteiger partial charge in [0.15, 0.2) is 0 Å². The van der Waals surface area contributed by atoms with Crippen molar-refractivity contribution in [2.45, 2.75) is 45.9 Å². The third-order valence-electron chi connectivity index (χ3n) is 5.59. The first-order valence-electron chi connectivity index (χ1n) is 10.2. The highest BCUT2D eigenvalue weighted by Gasteiger charge is 2.37. The predicted molar refractivity (Wildman–Crippen MR) is 116 cm³/mol. The van der Waals surface area contributed by atoms with Gasteiger partial charge in [0.25, 0.3) is 0 Å². The van der Waals surface area contributed by atoms with Gasteiger partial charge in [-0.05, 0) is 60.4 Å². The third kappa shape index (κ3) is 5.02. The van der Waals surface area contributed by atoms with E-state index in [0.29, 0.717) is 35.9 Å². The number of ether oxygens (including phenoxy) is 1. The lowest BCUT2D eigenvalue weighted by molar-refractivity contribution is -0.274. The zero-order chi connectivity index (χ0) is 24.7. The average Bonchev–Trinajstić information content (AvgIpc) is 2.68. The van der Waals surface area contributed by atoms with E-state index >= 15 is 0 Å². The van der Waals surface area contributed by atoms with E-state index in [1.54, 1.807) is 24.8 Å². The minimum atomic E-state index is -4.98. The number of carbonyl (C=O) groups is 2. The summed E-state index contributed by atoms with van der Waals surface area (Å²) in [5.74, 6) is -3.88. The van der Waals surface area contributed by atoms with Gasteiger partial charge in [-0.1, -0.05) is 26.0 Å². The van der Waals surface area contributed by atoms with Crippen molar-refractivity contribution < 1.29 is 37.0 Å². The molecule has 0 saturated carbocycles. The maximum absolute atomic E-state index is 13.7. The molecule has 1 aliphatic heterocycles. The van der Waals surface area contributed by atoms with Gasteiger partial charge in [-0.15, -0.1) is 13.2 Å². The summed E-state index contributed by atoms with van der Waals surface area (Å²) < 4.78 is 57.1. The lowest BCUT2D eigenvalue weighted by atomic mass is 9.75. The number of hydrogen-bond donors (Lipinski definition) is 1. The van der Waals surface area contributed by atoms with Crippen LogP contribution in [-0.4, -0.2) is 29.9 Å². The molecule has 2 aromatic rings. The first-order chi connectivity index (χ1) is 15.2. The Hall–Kier alpha value is -3.36. The Morgan fingerprint density at radius 2 is 1.88 bits per heavy atom. The lowest BCUT2D eigenvalue weighted by Gasteiger charge is -2.39. The van der Waals surface area contributed by atoms with E-state index in [0.717, 1.165) is 17.7 Å². The second-order valence-electron chi connectivity index (χ2n) is 8.48. The van der Waals surface area contributed by atoms with E-state index in [4.69, 9.17) is 5.11 Å². The Morgan fingerprint density at radius 1 is 1.21 bits per heavy atom. The molecule has 0 spiro atoms. The molecule has 1 aliphatic rings. The average molecular weight is 465 g/mol. The van der Waals surface area contributed by atoms with Crippen LogP contribution in [0.4, 0.5) is 23.2 Å². The molecule has 176 valence electrons. The summed E-state index contributed by atoms with van der Waals surface area (Å²) in [5, 5.41) is 8.79. The minimum absolute atomic E-state index is 0.00792. The first-order valence-corrected chi connectivity index (χ1v) is 10.2. The lowest BCUT2D eigenvalue weighted by Crippen LogP contribution is -2.41. The van der Waals surface area contributed by atoms with Crippen molar-refractivity contribution in [1.82, 2.24) is 0 Å². The van der Waals surface area contributed by atoms with Crippen LogP contribution in [0.2, 0.25) is 0 Å². The van der Waals surface area contributed by atoms with Gasteiger partial charge in [-0.2, -0.15) is 4.39 Å². The molecule has 0 aromatic heterocycles. The summed E-state index contributed by atoms with van der Waals surface area (Å²) in [7, 11) is 0. The van der Waals surface area contributed by atoms with Crippen LogP contribution in [0.15, 0.2) is 36.2 Å². The normalized spacial score (nSPS) is 15.9. The monoisotopic (exact) mass is 465 g/mol. The number of fused-ring (bicyclic) bond motifs is 1. The van der Waals surface area contributed by atoms with E-state index in [2.05, 4.69) is 4.74 Å². The number of benzene rings is 2. The summed E-state index contributed by atoms with van der Waals surface area (Å²) in [4.78, 5) is 25.1. The smallest absolute Gasteiger partial charge is 0.476 e. The molecule has 2 aromatic carbocycles. The van der Waals surface area contributed by atoms with E-state index in [9.17, 15) is 27.2 Å². The number of rotatable bonds is 5. The molecular formula is C24H23F4NO4. The third-order valence-corrected chi connectivity index (χ3v) is 5.59. The Balaban J connectivity index is 2.28. The van der Waals surface area contributed by atoms with E-state index < -0.39 is 29.3 Å². The van der Waals surface area contributed by atoms with Crippen molar-refractivity contribution in [1.29, 1.82) is 0 Å². The minimum Gasteiger partial charge on any atom is -0.476 e. The number of carboxylic acids is 1. The fourth-order valence-corrected chi connectivity index (χ4v) is 4.07. The molecule has 1 N–H and O–H groups in total.